The fraction of sp³-hybridized carbons (Fsp3) is 0.368. The van der Waals surface area contributed by atoms with Gasteiger partial charge in [-0.1, -0.05) is 18.2 Å². The molecule has 2 amide bonds. The number of thiophene rings is 1. The monoisotopic (exact) mass is 374 g/mol. The highest BCUT2D eigenvalue weighted by Gasteiger charge is 2.33. The summed E-state index contributed by atoms with van der Waals surface area (Å²) in [5.41, 5.74) is 1.36. The normalized spacial score (nSPS) is 18.6. The van der Waals surface area contributed by atoms with Crippen LogP contribution in [-0.2, 0) is 20.7 Å². The number of aliphatic hydroxyl groups is 1. The number of amides is 2. The molecule has 138 valence electrons. The molecule has 1 aromatic carbocycles. The van der Waals surface area contributed by atoms with Gasteiger partial charge in [0.25, 0.3) is 0 Å². The molecule has 1 aromatic heterocycles. The number of hydrogen-bond donors (Lipinski definition) is 2. The lowest BCUT2D eigenvalue weighted by Gasteiger charge is -2.37. The van der Waals surface area contributed by atoms with Gasteiger partial charge in [0.15, 0.2) is 0 Å². The van der Waals surface area contributed by atoms with Crippen LogP contribution in [0.2, 0.25) is 0 Å². The number of rotatable bonds is 6. The first kappa shape index (κ1) is 18.6. The van der Waals surface area contributed by atoms with E-state index in [1.54, 1.807) is 40.5 Å². The van der Waals surface area contributed by atoms with Crippen molar-refractivity contribution in [3.8, 4) is 0 Å². The number of nitrogens with zero attached hydrogens (tertiary/aromatic N) is 1. The molecule has 0 bridgehead atoms. The minimum atomic E-state index is -0.838. The van der Waals surface area contributed by atoms with E-state index < -0.39 is 12.1 Å². The predicted octanol–water partition coefficient (Wildman–Crippen LogP) is 2.21. The average molecular weight is 374 g/mol. The Balaban J connectivity index is 1.63. The highest BCUT2D eigenvalue weighted by atomic mass is 32.1. The van der Waals surface area contributed by atoms with Crippen LogP contribution in [0, 0.1) is 0 Å². The van der Waals surface area contributed by atoms with Gasteiger partial charge in [-0.2, -0.15) is 0 Å². The van der Waals surface area contributed by atoms with Crippen molar-refractivity contribution in [2.45, 2.75) is 25.5 Å². The minimum absolute atomic E-state index is 0.0618. The number of hydrogen-bond acceptors (Lipinski definition) is 5. The maximum Gasteiger partial charge on any atom is 0.248 e. The van der Waals surface area contributed by atoms with Crippen molar-refractivity contribution in [3.05, 3.63) is 52.2 Å². The second kappa shape index (κ2) is 8.44. The molecule has 1 aliphatic rings. The number of carbonyl (C=O) groups excluding carboxylic acids is 2. The minimum Gasteiger partial charge on any atom is -0.386 e. The van der Waals surface area contributed by atoms with Crippen molar-refractivity contribution >= 4 is 28.8 Å². The summed E-state index contributed by atoms with van der Waals surface area (Å²) in [5.74, 6) is -0.190. The van der Waals surface area contributed by atoms with E-state index >= 15 is 0 Å². The van der Waals surface area contributed by atoms with E-state index in [-0.39, 0.29) is 18.4 Å². The molecule has 1 fully saturated rings. The van der Waals surface area contributed by atoms with Crippen LogP contribution in [0.3, 0.4) is 0 Å². The number of nitrogens with one attached hydrogen (secondary N) is 1. The van der Waals surface area contributed by atoms with E-state index in [4.69, 9.17) is 4.74 Å². The Morgan fingerprint density at radius 2 is 2.15 bits per heavy atom. The quantitative estimate of drug-likeness (QED) is 0.813. The number of morpholine rings is 1. The third-order valence-electron chi connectivity index (χ3n) is 4.39. The molecule has 2 unspecified atom stereocenters. The van der Waals surface area contributed by atoms with Crippen molar-refractivity contribution in [2.24, 2.45) is 0 Å². The number of carbonyl (C=O) groups is 2. The van der Waals surface area contributed by atoms with Gasteiger partial charge >= 0.3 is 0 Å². The molecule has 2 N–H and O–H groups in total. The number of likely N-dealkylation sites (N-methyl/N-ethyl adjacent to an activating group) is 1. The lowest BCUT2D eigenvalue weighted by Crippen LogP contribution is -2.51. The highest BCUT2D eigenvalue weighted by molar-refractivity contribution is 7.10. The maximum absolute atomic E-state index is 12.0. The second-order valence-corrected chi connectivity index (χ2v) is 7.17. The van der Waals surface area contributed by atoms with Crippen LogP contribution in [-0.4, -0.2) is 47.6 Å². The summed E-state index contributed by atoms with van der Waals surface area (Å²) < 4.78 is 5.29. The maximum atomic E-state index is 12.0. The third-order valence-corrected chi connectivity index (χ3v) is 5.27. The first-order valence-electron chi connectivity index (χ1n) is 8.56. The van der Waals surface area contributed by atoms with E-state index in [2.05, 4.69) is 5.32 Å². The Morgan fingerprint density at radius 3 is 2.81 bits per heavy atom. The molecule has 2 aromatic rings. The zero-order valence-corrected chi connectivity index (χ0v) is 15.4. The first-order chi connectivity index (χ1) is 12.6. The van der Waals surface area contributed by atoms with Crippen LogP contribution in [0.4, 0.5) is 5.69 Å². The second-order valence-electron chi connectivity index (χ2n) is 6.13. The van der Waals surface area contributed by atoms with E-state index in [0.717, 1.165) is 4.88 Å². The van der Waals surface area contributed by atoms with Gasteiger partial charge in [0.1, 0.15) is 12.7 Å². The highest BCUT2D eigenvalue weighted by Crippen LogP contribution is 2.25. The molecule has 6 nitrogen and oxygen atoms in total. The summed E-state index contributed by atoms with van der Waals surface area (Å²) in [6, 6.07) is 10.5. The van der Waals surface area contributed by atoms with Gasteiger partial charge in [-0.15, -0.1) is 11.3 Å². The molecule has 3 rings (SSSR count). The van der Waals surface area contributed by atoms with E-state index in [9.17, 15) is 14.7 Å². The topological polar surface area (TPSA) is 78.9 Å². The van der Waals surface area contributed by atoms with Gasteiger partial charge in [0.2, 0.25) is 11.8 Å². The number of aliphatic hydroxyl groups excluding tert-OH is 1. The van der Waals surface area contributed by atoms with E-state index in [1.165, 1.54) is 0 Å². The molecule has 0 radical (unpaired) electrons. The van der Waals surface area contributed by atoms with Crippen LogP contribution < -0.4 is 5.32 Å². The molecule has 2 atom stereocenters. The van der Waals surface area contributed by atoms with Gasteiger partial charge in [0.05, 0.1) is 19.1 Å². The van der Waals surface area contributed by atoms with Crippen LogP contribution in [0.15, 0.2) is 41.8 Å². The standard InChI is InChI=1S/C19H22N2O4S/c1-2-21-16(11-25-12-18(21)23)19(24)13-5-7-14(8-6-13)20-17(22)10-15-4-3-9-26-15/h3-9,16,19,24H,2,10-12H2,1H3,(H,20,22). The molecule has 7 heteroatoms. The largest absolute Gasteiger partial charge is 0.386 e. The Kier molecular flexibility index (Phi) is 6.03. The Labute approximate surface area is 156 Å². The fourth-order valence-corrected chi connectivity index (χ4v) is 3.76. The van der Waals surface area contributed by atoms with Crippen molar-refractivity contribution < 1.29 is 19.4 Å². The van der Waals surface area contributed by atoms with Crippen molar-refractivity contribution in [2.75, 3.05) is 25.1 Å². The molecule has 26 heavy (non-hydrogen) atoms. The Hall–Kier alpha value is -2.22. The smallest absolute Gasteiger partial charge is 0.248 e. The van der Waals surface area contributed by atoms with Gasteiger partial charge in [-0.05, 0) is 36.1 Å². The van der Waals surface area contributed by atoms with Gasteiger partial charge < -0.3 is 20.1 Å². The van der Waals surface area contributed by atoms with Crippen molar-refractivity contribution in [1.82, 2.24) is 4.90 Å². The molecule has 0 aliphatic carbocycles. The van der Waals surface area contributed by atoms with E-state index in [0.29, 0.717) is 30.8 Å². The summed E-state index contributed by atoms with van der Waals surface area (Å²) in [6.07, 6.45) is -0.496. The van der Waals surface area contributed by atoms with E-state index in [1.807, 2.05) is 24.4 Å². The molecule has 0 saturated carbocycles. The van der Waals surface area contributed by atoms with Crippen molar-refractivity contribution in [1.29, 1.82) is 0 Å². The summed E-state index contributed by atoms with van der Waals surface area (Å²) in [7, 11) is 0. The fourth-order valence-electron chi connectivity index (χ4n) is 3.06. The molecular weight excluding hydrogens is 352 g/mol. The predicted molar refractivity (Wildman–Crippen MR) is 100 cm³/mol. The molecule has 2 heterocycles. The van der Waals surface area contributed by atoms with Gasteiger partial charge in [0, 0.05) is 17.1 Å². The first-order valence-corrected chi connectivity index (χ1v) is 9.44. The zero-order chi connectivity index (χ0) is 18.5. The molecule has 1 saturated heterocycles. The van der Waals surface area contributed by atoms with Crippen molar-refractivity contribution in [3.63, 3.8) is 0 Å². The van der Waals surface area contributed by atoms with Crippen LogP contribution in [0.1, 0.15) is 23.5 Å². The summed E-state index contributed by atoms with van der Waals surface area (Å²) in [5, 5.41) is 15.4. The Bertz CT molecular complexity index is 745. The van der Waals surface area contributed by atoms with Gasteiger partial charge in [-0.3, -0.25) is 9.59 Å². The summed E-state index contributed by atoms with van der Waals surface area (Å²) in [6.45, 7) is 2.78. The lowest BCUT2D eigenvalue weighted by molar-refractivity contribution is -0.153. The number of anilines is 1. The number of benzene rings is 1. The molecular formula is C19H22N2O4S. The molecule has 1 aliphatic heterocycles. The molecule has 0 spiro atoms. The number of ether oxygens (including phenoxy) is 1. The lowest BCUT2D eigenvalue weighted by atomic mass is 10.00. The van der Waals surface area contributed by atoms with Crippen LogP contribution in [0.5, 0.6) is 0 Å². The van der Waals surface area contributed by atoms with Gasteiger partial charge in [-0.25, -0.2) is 0 Å². The SMILES string of the molecule is CCN1C(=O)COCC1C(O)c1ccc(NC(=O)Cc2cccs2)cc1. The Morgan fingerprint density at radius 1 is 1.38 bits per heavy atom. The average Bonchev–Trinajstić information content (AvgIpc) is 3.14. The summed E-state index contributed by atoms with van der Waals surface area (Å²) >= 11 is 1.55. The van der Waals surface area contributed by atoms with Crippen LogP contribution in [0.25, 0.3) is 0 Å². The third kappa shape index (κ3) is 4.30. The zero-order valence-electron chi connectivity index (χ0n) is 14.6. The summed E-state index contributed by atoms with van der Waals surface area (Å²) in [4.78, 5) is 26.6. The van der Waals surface area contributed by atoms with Crippen LogP contribution >= 0.6 is 11.3 Å².